The normalized spacial score (nSPS) is 21.2. The number of nitrogens with one attached hydrogen (secondary N) is 1. The second kappa shape index (κ2) is 8.16. The SMILES string of the molecule is CC(C)CCCCCCN1CCCNC(C)(C)C1. The molecule has 1 fully saturated rings. The lowest BCUT2D eigenvalue weighted by molar-refractivity contribution is 0.226. The fourth-order valence-corrected chi connectivity index (χ4v) is 2.86. The molecule has 1 heterocycles. The van der Waals surface area contributed by atoms with Crippen molar-refractivity contribution in [2.75, 3.05) is 26.2 Å². The molecule has 0 atom stereocenters. The molecule has 0 bridgehead atoms. The monoisotopic (exact) mass is 254 g/mol. The maximum Gasteiger partial charge on any atom is 0.0252 e. The van der Waals surface area contributed by atoms with Gasteiger partial charge in [-0.2, -0.15) is 0 Å². The predicted octanol–water partition coefficient (Wildman–Crippen LogP) is 3.67. The Labute approximate surface area is 115 Å². The first kappa shape index (κ1) is 16.0. The number of unbranched alkanes of at least 4 members (excludes halogenated alkanes) is 3. The molecule has 0 amide bonds. The molecule has 1 aliphatic rings. The summed E-state index contributed by atoms with van der Waals surface area (Å²) in [5.41, 5.74) is 0.300. The third-order valence-electron chi connectivity index (χ3n) is 3.88. The lowest BCUT2D eigenvalue weighted by Gasteiger charge is -2.30. The zero-order chi connectivity index (χ0) is 13.4. The Morgan fingerprint density at radius 2 is 1.83 bits per heavy atom. The van der Waals surface area contributed by atoms with Crippen molar-refractivity contribution in [3.8, 4) is 0 Å². The Balaban J connectivity index is 2.07. The van der Waals surface area contributed by atoms with Crippen LogP contribution in [0.3, 0.4) is 0 Å². The fourth-order valence-electron chi connectivity index (χ4n) is 2.86. The van der Waals surface area contributed by atoms with Crippen LogP contribution in [-0.2, 0) is 0 Å². The second-order valence-corrected chi connectivity index (χ2v) is 7.04. The maximum absolute atomic E-state index is 3.63. The van der Waals surface area contributed by atoms with Crippen molar-refractivity contribution in [3.05, 3.63) is 0 Å². The maximum atomic E-state index is 3.63. The van der Waals surface area contributed by atoms with E-state index in [0.29, 0.717) is 5.54 Å². The van der Waals surface area contributed by atoms with Gasteiger partial charge in [0, 0.05) is 12.1 Å². The van der Waals surface area contributed by atoms with Crippen LogP contribution in [0, 0.1) is 5.92 Å². The molecule has 1 rings (SSSR count). The van der Waals surface area contributed by atoms with E-state index in [-0.39, 0.29) is 0 Å². The highest BCUT2D eigenvalue weighted by Gasteiger charge is 2.23. The summed E-state index contributed by atoms with van der Waals surface area (Å²) in [6.07, 6.45) is 8.35. The molecule has 18 heavy (non-hydrogen) atoms. The van der Waals surface area contributed by atoms with E-state index in [0.717, 1.165) is 5.92 Å². The van der Waals surface area contributed by atoms with E-state index in [1.165, 1.54) is 64.7 Å². The van der Waals surface area contributed by atoms with Crippen LogP contribution in [0.25, 0.3) is 0 Å². The summed E-state index contributed by atoms with van der Waals surface area (Å²) in [7, 11) is 0. The number of hydrogen-bond acceptors (Lipinski definition) is 2. The van der Waals surface area contributed by atoms with Crippen LogP contribution < -0.4 is 5.32 Å². The van der Waals surface area contributed by atoms with Gasteiger partial charge in [-0.1, -0.05) is 39.5 Å². The minimum Gasteiger partial charge on any atom is -0.310 e. The Kier molecular flexibility index (Phi) is 7.25. The molecule has 0 unspecified atom stereocenters. The molecule has 0 spiro atoms. The topological polar surface area (TPSA) is 15.3 Å². The Morgan fingerprint density at radius 1 is 1.11 bits per heavy atom. The smallest absolute Gasteiger partial charge is 0.0252 e. The van der Waals surface area contributed by atoms with Gasteiger partial charge in [0.15, 0.2) is 0 Å². The average Bonchev–Trinajstić information content (AvgIpc) is 2.44. The summed E-state index contributed by atoms with van der Waals surface area (Å²) in [4.78, 5) is 2.66. The van der Waals surface area contributed by atoms with Gasteiger partial charge in [0.05, 0.1) is 0 Å². The molecule has 108 valence electrons. The van der Waals surface area contributed by atoms with Crippen LogP contribution in [0.4, 0.5) is 0 Å². The van der Waals surface area contributed by atoms with Gasteiger partial charge in [0.2, 0.25) is 0 Å². The molecule has 0 saturated carbocycles. The lowest BCUT2D eigenvalue weighted by Crippen LogP contribution is -2.46. The van der Waals surface area contributed by atoms with Crippen LogP contribution in [0.1, 0.15) is 66.2 Å². The molecule has 1 aliphatic heterocycles. The van der Waals surface area contributed by atoms with Gasteiger partial charge in [-0.3, -0.25) is 0 Å². The molecule has 1 N–H and O–H groups in total. The molecular weight excluding hydrogens is 220 g/mol. The van der Waals surface area contributed by atoms with Crippen LogP contribution in [0.5, 0.6) is 0 Å². The molecule has 2 heteroatoms. The average molecular weight is 254 g/mol. The molecule has 1 saturated heterocycles. The van der Waals surface area contributed by atoms with Crippen molar-refractivity contribution in [2.45, 2.75) is 71.8 Å². The number of nitrogens with zero attached hydrogens (tertiary/aromatic N) is 1. The summed E-state index contributed by atoms with van der Waals surface area (Å²) in [6, 6.07) is 0. The van der Waals surface area contributed by atoms with Crippen LogP contribution >= 0.6 is 0 Å². The van der Waals surface area contributed by atoms with Crippen molar-refractivity contribution in [1.82, 2.24) is 10.2 Å². The lowest BCUT2D eigenvalue weighted by atomic mass is 10.0. The standard InChI is InChI=1S/C16H34N2/c1-15(2)10-7-5-6-8-12-18-13-9-11-17-16(3,4)14-18/h15,17H,5-14H2,1-4H3. The van der Waals surface area contributed by atoms with Crippen molar-refractivity contribution in [3.63, 3.8) is 0 Å². The molecule has 0 aromatic carbocycles. The largest absolute Gasteiger partial charge is 0.310 e. The Morgan fingerprint density at radius 3 is 2.56 bits per heavy atom. The quantitative estimate of drug-likeness (QED) is 0.697. The molecule has 2 nitrogen and oxygen atoms in total. The van der Waals surface area contributed by atoms with Crippen LogP contribution in [-0.4, -0.2) is 36.6 Å². The van der Waals surface area contributed by atoms with Gasteiger partial charge >= 0.3 is 0 Å². The van der Waals surface area contributed by atoms with Crippen LogP contribution in [0.15, 0.2) is 0 Å². The van der Waals surface area contributed by atoms with Crippen molar-refractivity contribution in [1.29, 1.82) is 0 Å². The summed E-state index contributed by atoms with van der Waals surface area (Å²) >= 11 is 0. The van der Waals surface area contributed by atoms with Gasteiger partial charge in [0.1, 0.15) is 0 Å². The number of hydrogen-bond donors (Lipinski definition) is 1. The first-order valence-corrected chi connectivity index (χ1v) is 7.97. The molecule has 0 radical (unpaired) electrons. The number of rotatable bonds is 7. The van der Waals surface area contributed by atoms with E-state index < -0.39 is 0 Å². The minimum atomic E-state index is 0.300. The van der Waals surface area contributed by atoms with Crippen LogP contribution in [0.2, 0.25) is 0 Å². The second-order valence-electron chi connectivity index (χ2n) is 7.04. The van der Waals surface area contributed by atoms with Gasteiger partial charge in [-0.15, -0.1) is 0 Å². The molecule has 0 aliphatic carbocycles. The van der Waals surface area contributed by atoms with E-state index in [1.54, 1.807) is 0 Å². The molecular formula is C16H34N2. The van der Waals surface area contributed by atoms with E-state index in [2.05, 4.69) is 37.9 Å². The third-order valence-corrected chi connectivity index (χ3v) is 3.88. The van der Waals surface area contributed by atoms with Crippen molar-refractivity contribution >= 4 is 0 Å². The zero-order valence-electron chi connectivity index (χ0n) is 13.1. The van der Waals surface area contributed by atoms with E-state index in [9.17, 15) is 0 Å². The van der Waals surface area contributed by atoms with Gasteiger partial charge < -0.3 is 10.2 Å². The highest BCUT2D eigenvalue weighted by atomic mass is 15.2. The summed E-state index contributed by atoms with van der Waals surface area (Å²) in [5, 5.41) is 3.63. The Bertz CT molecular complexity index is 211. The first-order chi connectivity index (χ1) is 8.49. The fraction of sp³-hybridized carbons (Fsp3) is 1.00. The van der Waals surface area contributed by atoms with Gasteiger partial charge in [-0.05, 0) is 52.2 Å². The van der Waals surface area contributed by atoms with E-state index in [1.807, 2.05) is 0 Å². The summed E-state index contributed by atoms with van der Waals surface area (Å²) in [6.45, 7) is 14.3. The minimum absolute atomic E-state index is 0.300. The van der Waals surface area contributed by atoms with Crippen molar-refractivity contribution < 1.29 is 0 Å². The zero-order valence-corrected chi connectivity index (χ0v) is 13.1. The highest BCUT2D eigenvalue weighted by molar-refractivity contribution is 4.84. The van der Waals surface area contributed by atoms with Gasteiger partial charge in [0.25, 0.3) is 0 Å². The molecule has 0 aromatic heterocycles. The van der Waals surface area contributed by atoms with Gasteiger partial charge in [-0.25, -0.2) is 0 Å². The summed E-state index contributed by atoms with van der Waals surface area (Å²) in [5.74, 6) is 0.877. The Hall–Kier alpha value is -0.0800. The van der Waals surface area contributed by atoms with E-state index >= 15 is 0 Å². The van der Waals surface area contributed by atoms with E-state index in [4.69, 9.17) is 0 Å². The molecule has 0 aromatic rings. The first-order valence-electron chi connectivity index (χ1n) is 7.97. The highest BCUT2D eigenvalue weighted by Crippen LogP contribution is 2.13. The predicted molar refractivity (Wildman–Crippen MR) is 81.1 cm³/mol. The third kappa shape index (κ3) is 7.38. The van der Waals surface area contributed by atoms with Crippen molar-refractivity contribution in [2.24, 2.45) is 5.92 Å². The summed E-state index contributed by atoms with van der Waals surface area (Å²) < 4.78 is 0.